The van der Waals surface area contributed by atoms with Crippen LogP contribution >= 0.6 is 0 Å². The van der Waals surface area contributed by atoms with E-state index in [0.717, 1.165) is 13.0 Å². The molecular formula is C13H21NO. The zero-order chi connectivity index (χ0) is 10.9. The van der Waals surface area contributed by atoms with Crippen molar-refractivity contribution in [2.24, 2.45) is 0 Å². The predicted molar refractivity (Wildman–Crippen MR) is 63.9 cm³/mol. The molecule has 1 aromatic rings. The highest BCUT2D eigenvalue weighted by molar-refractivity contribution is 5.14. The minimum absolute atomic E-state index is 0.237. The van der Waals surface area contributed by atoms with E-state index in [1.54, 1.807) is 6.92 Å². The Kier molecular flexibility index (Phi) is 6.05. The van der Waals surface area contributed by atoms with Gasteiger partial charge in [-0.15, -0.1) is 0 Å². The number of aliphatic hydroxyl groups is 1. The lowest BCUT2D eigenvalue weighted by atomic mass is 10.1. The van der Waals surface area contributed by atoms with Crippen LogP contribution in [0.2, 0.25) is 0 Å². The second kappa shape index (κ2) is 7.43. The zero-order valence-electron chi connectivity index (χ0n) is 9.45. The fourth-order valence-corrected chi connectivity index (χ4v) is 1.53. The molecule has 2 N–H and O–H groups in total. The molecule has 0 heterocycles. The number of hydrogen-bond donors (Lipinski definition) is 2. The SMILES string of the molecule is CC(O)CNCCCCc1ccccc1. The van der Waals surface area contributed by atoms with Gasteiger partial charge < -0.3 is 10.4 Å². The molecule has 0 saturated carbocycles. The predicted octanol–water partition coefficient (Wildman–Crippen LogP) is 1.98. The van der Waals surface area contributed by atoms with Crippen LogP contribution in [-0.2, 0) is 6.42 Å². The van der Waals surface area contributed by atoms with Crippen molar-refractivity contribution in [3.63, 3.8) is 0 Å². The first-order valence-electron chi connectivity index (χ1n) is 5.72. The highest BCUT2D eigenvalue weighted by atomic mass is 16.3. The van der Waals surface area contributed by atoms with E-state index < -0.39 is 0 Å². The fourth-order valence-electron chi connectivity index (χ4n) is 1.53. The lowest BCUT2D eigenvalue weighted by Crippen LogP contribution is -2.25. The molecule has 0 fully saturated rings. The Balaban J connectivity index is 1.98. The standard InChI is InChI=1S/C13H21NO/c1-12(15)11-14-10-6-5-9-13-7-3-2-4-8-13/h2-4,7-8,12,14-15H,5-6,9-11H2,1H3. The molecule has 0 aromatic heterocycles. The van der Waals surface area contributed by atoms with Gasteiger partial charge in [0.2, 0.25) is 0 Å². The lowest BCUT2D eigenvalue weighted by Gasteiger charge is -2.06. The van der Waals surface area contributed by atoms with E-state index in [0.29, 0.717) is 6.54 Å². The number of aliphatic hydroxyl groups excluding tert-OH is 1. The summed E-state index contributed by atoms with van der Waals surface area (Å²) < 4.78 is 0. The molecule has 0 aliphatic carbocycles. The van der Waals surface area contributed by atoms with Crippen molar-refractivity contribution in [2.75, 3.05) is 13.1 Å². The van der Waals surface area contributed by atoms with E-state index in [2.05, 4.69) is 29.6 Å². The molecule has 0 bridgehead atoms. The molecule has 2 heteroatoms. The molecular weight excluding hydrogens is 186 g/mol. The van der Waals surface area contributed by atoms with Crippen LogP contribution in [0.25, 0.3) is 0 Å². The van der Waals surface area contributed by atoms with E-state index in [-0.39, 0.29) is 6.10 Å². The summed E-state index contributed by atoms with van der Waals surface area (Å²) in [6, 6.07) is 10.6. The minimum Gasteiger partial charge on any atom is -0.392 e. The van der Waals surface area contributed by atoms with Gasteiger partial charge in [0.15, 0.2) is 0 Å². The number of benzene rings is 1. The van der Waals surface area contributed by atoms with E-state index >= 15 is 0 Å². The highest BCUT2D eigenvalue weighted by Gasteiger charge is 1.94. The maximum absolute atomic E-state index is 9.02. The average molecular weight is 207 g/mol. The van der Waals surface area contributed by atoms with E-state index in [1.165, 1.54) is 18.4 Å². The summed E-state index contributed by atoms with van der Waals surface area (Å²) in [6.45, 7) is 3.50. The quantitative estimate of drug-likeness (QED) is 0.670. The van der Waals surface area contributed by atoms with Gasteiger partial charge in [-0.1, -0.05) is 30.3 Å². The van der Waals surface area contributed by atoms with Crippen LogP contribution in [0.1, 0.15) is 25.3 Å². The summed E-state index contributed by atoms with van der Waals surface area (Å²) >= 11 is 0. The smallest absolute Gasteiger partial charge is 0.0636 e. The van der Waals surface area contributed by atoms with Gasteiger partial charge in [-0.2, -0.15) is 0 Å². The molecule has 84 valence electrons. The average Bonchev–Trinajstić information content (AvgIpc) is 2.24. The fraction of sp³-hybridized carbons (Fsp3) is 0.538. The molecule has 0 aliphatic heterocycles. The molecule has 0 amide bonds. The van der Waals surface area contributed by atoms with Crippen LogP contribution in [0.5, 0.6) is 0 Å². The van der Waals surface area contributed by atoms with Crippen molar-refractivity contribution in [3.8, 4) is 0 Å². The molecule has 1 atom stereocenters. The van der Waals surface area contributed by atoms with Gasteiger partial charge in [-0.25, -0.2) is 0 Å². The third kappa shape index (κ3) is 6.26. The minimum atomic E-state index is -0.237. The van der Waals surface area contributed by atoms with Crippen molar-refractivity contribution in [1.29, 1.82) is 0 Å². The van der Waals surface area contributed by atoms with Crippen molar-refractivity contribution < 1.29 is 5.11 Å². The normalized spacial score (nSPS) is 12.7. The summed E-state index contributed by atoms with van der Waals surface area (Å²) in [7, 11) is 0. The summed E-state index contributed by atoms with van der Waals surface area (Å²) in [6.07, 6.45) is 3.29. The number of aryl methyl sites for hydroxylation is 1. The Hall–Kier alpha value is -0.860. The van der Waals surface area contributed by atoms with Gasteiger partial charge in [0.05, 0.1) is 6.10 Å². The van der Waals surface area contributed by atoms with Crippen LogP contribution < -0.4 is 5.32 Å². The van der Waals surface area contributed by atoms with Gasteiger partial charge in [-0.05, 0) is 38.3 Å². The summed E-state index contributed by atoms with van der Waals surface area (Å²) in [5.41, 5.74) is 1.41. The van der Waals surface area contributed by atoms with Crippen molar-refractivity contribution in [1.82, 2.24) is 5.32 Å². The third-order valence-electron chi connectivity index (χ3n) is 2.35. The molecule has 1 unspecified atom stereocenters. The van der Waals surface area contributed by atoms with Crippen LogP contribution in [0.15, 0.2) is 30.3 Å². The largest absolute Gasteiger partial charge is 0.392 e. The number of rotatable bonds is 7. The first-order valence-corrected chi connectivity index (χ1v) is 5.72. The van der Waals surface area contributed by atoms with Gasteiger partial charge in [0.1, 0.15) is 0 Å². The number of nitrogens with one attached hydrogen (secondary N) is 1. The first kappa shape index (κ1) is 12.2. The second-order valence-corrected chi connectivity index (χ2v) is 4.00. The van der Waals surface area contributed by atoms with Gasteiger partial charge in [0.25, 0.3) is 0 Å². The maximum atomic E-state index is 9.02. The Morgan fingerprint density at radius 1 is 1.20 bits per heavy atom. The second-order valence-electron chi connectivity index (χ2n) is 4.00. The Morgan fingerprint density at radius 3 is 2.60 bits per heavy atom. The molecule has 2 nitrogen and oxygen atoms in total. The topological polar surface area (TPSA) is 32.3 Å². The summed E-state index contributed by atoms with van der Waals surface area (Å²) in [5, 5.41) is 12.2. The Morgan fingerprint density at radius 2 is 1.93 bits per heavy atom. The van der Waals surface area contributed by atoms with E-state index in [4.69, 9.17) is 5.11 Å². The molecule has 0 spiro atoms. The number of hydrogen-bond acceptors (Lipinski definition) is 2. The molecule has 15 heavy (non-hydrogen) atoms. The lowest BCUT2D eigenvalue weighted by molar-refractivity contribution is 0.191. The van der Waals surface area contributed by atoms with Gasteiger partial charge >= 0.3 is 0 Å². The third-order valence-corrected chi connectivity index (χ3v) is 2.35. The molecule has 0 saturated heterocycles. The van der Waals surface area contributed by atoms with E-state index in [1.807, 2.05) is 6.07 Å². The number of unbranched alkanes of at least 4 members (excludes halogenated alkanes) is 1. The van der Waals surface area contributed by atoms with E-state index in [9.17, 15) is 0 Å². The van der Waals surface area contributed by atoms with Gasteiger partial charge in [0, 0.05) is 6.54 Å². The maximum Gasteiger partial charge on any atom is 0.0636 e. The summed E-state index contributed by atoms with van der Waals surface area (Å²) in [4.78, 5) is 0. The van der Waals surface area contributed by atoms with Crippen LogP contribution in [0.4, 0.5) is 0 Å². The summed E-state index contributed by atoms with van der Waals surface area (Å²) in [5.74, 6) is 0. The molecule has 0 radical (unpaired) electrons. The molecule has 1 aromatic carbocycles. The van der Waals surface area contributed by atoms with Crippen molar-refractivity contribution in [3.05, 3.63) is 35.9 Å². The van der Waals surface area contributed by atoms with Crippen molar-refractivity contribution >= 4 is 0 Å². The zero-order valence-corrected chi connectivity index (χ0v) is 9.45. The molecule has 1 rings (SSSR count). The first-order chi connectivity index (χ1) is 7.29. The Labute approximate surface area is 92.3 Å². The Bertz CT molecular complexity index is 246. The van der Waals surface area contributed by atoms with Crippen molar-refractivity contribution in [2.45, 2.75) is 32.3 Å². The highest BCUT2D eigenvalue weighted by Crippen LogP contribution is 2.03. The monoisotopic (exact) mass is 207 g/mol. The van der Waals surface area contributed by atoms with Crippen LogP contribution in [-0.4, -0.2) is 24.3 Å². The van der Waals surface area contributed by atoms with Crippen LogP contribution in [0, 0.1) is 0 Å². The van der Waals surface area contributed by atoms with Crippen LogP contribution in [0.3, 0.4) is 0 Å². The molecule has 0 aliphatic rings. The van der Waals surface area contributed by atoms with Gasteiger partial charge in [-0.3, -0.25) is 0 Å².